The number of amides is 1. The smallest absolute Gasteiger partial charge is 0.218 e. The number of nitrogens with two attached hydrogens (primary N) is 1. The molecule has 1 aromatic heterocycles. The van der Waals surface area contributed by atoms with Crippen LogP contribution in [0.5, 0.6) is 0 Å². The number of carbonyl (C=O) groups excluding carboxylic acids is 1. The molecule has 0 aliphatic rings. The number of nitrogens with one attached hydrogen (secondary N) is 1. The molecule has 1 aromatic rings. The van der Waals surface area contributed by atoms with Gasteiger partial charge in [-0.15, -0.1) is 5.10 Å². The molecule has 3 N–H and O–H groups in total. The molecule has 0 bridgehead atoms. The van der Waals surface area contributed by atoms with E-state index in [2.05, 4.69) is 15.6 Å². The lowest BCUT2D eigenvalue weighted by atomic mass is 10.4. The van der Waals surface area contributed by atoms with Gasteiger partial charge in [-0.1, -0.05) is 5.21 Å². The zero-order valence-electron chi connectivity index (χ0n) is 8.02. The highest BCUT2D eigenvalue weighted by molar-refractivity contribution is 5.73. The van der Waals surface area contributed by atoms with E-state index in [1.54, 1.807) is 10.9 Å². The summed E-state index contributed by atoms with van der Waals surface area (Å²) in [5.74, 6) is -0.270. The van der Waals surface area contributed by atoms with Gasteiger partial charge in [-0.05, 0) is 13.0 Å². The zero-order chi connectivity index (χ0) is 10.2. The Bertz CT molecular complexity index is 259. The molecule has 0 spiro atoms. The van der Waals surface area contributed by atoms with Crippen LogP contribution in [0.4, 0.5) is 0 Å². The lowest BCUT2D eigenvalue weighted by Crippen LogP contribution is -2.23. The van der Waals surface area contributed by atoms with Crippen molar-refractivity contribution < 1.29 is 4.79 Å². The first-order chi connectivity index (χ1) is 6.79. The summed E-state index contributed by atoms with van der Waals surface area (Å²) >= 11 is 0. The summed E-state index contributed by atoms with van der Waals surface area (Å²) in [5, 5.41) is 10.6. The first-order valence-electron chi connectivity index (χ1n) is 4.62. The summed E-state index contributed by atoms with van der Waals surface area (Å²) < 4.78 is 1.77. The highest BCUT2D eigenvalue weighted by Crippen LogP contribution is 1.85. The van der Waals surface area contributed by atoms with Gasteiger partial charge in [0.05, 0.1) is 6.20 Å². The van der Waals surface area contributed by atoms with Gasteiger partial charge in [0.15, 0.2) is 0 Å². The van der Waals surface area contributed by atoms with Crippen LogP contribution in [-0.2, 0) is 11.3 Å². The van der Waals surface area contributed by atoms with Crippen molar-refractivity contribution in [3.05, 3.63) is 12.4 Å². The fourth-order valence-electron chi connectivity index (χ4n) is 1.05. The SMILES string of the molecule is NC(=O)CCNCCCn1ccnn1. The molecular weight excluding hydrogens is 182 g/mol. The monoisotopic (exact) mass is 197 g/mol. The van der Waals surface area contributed by atoms with Gasteiger partial charge in [0.25, 0.3) is 0 Å². The zero-order valence-corrected chi connectivity index (χ0v) is 8.02. The second kappa shape index (κ2) is 6.09. The van der Waals surface area contributed by atoms with Crippen molar-refractivity contribution in [2.45, 2.75) is 19.4 Å². The lowest BCUT2D eigenvalue weighted by Gasteiger charge is -2.02. The topological polar surface area (TPSA) is 85.8 Å². The Kier molecular flexibility index (Phi) is 4.63. The van der Waals surface area contributed by atoms with Crippen LogP contribution >= 0.6 is 0 Å². The van der Waals surface area contributed by atoms with E-state index in [-0.39, 0.29) is 5.91 Å². The summed E-state index contributed by atoms with van der Waals surface area (Å²) in [4.78, 5) is 10.4. The number of hydrogen-bond donors (Lipinski definition) is 2. The molecule has 0 aromatic carbocycles. The Morgan fingerprint density at radius 2 is 2.36 bits per heavy atom. The van der Waals surface area contributed by atoms with Crippen molar-refractivity contribution in [2.24, 2.45) is 5.73 Å². The van der Waals surface area contributed by atoms with E-state index in [1.807, 2.05) is 6.20 Å². The third-order valence-corrected chi connectivity index (χ3v) is 1.76. The Morgan fingerprint density at radius 1 is 1.50 bits per heavy atom. The second-order valence-corrected chi connectivity index (χ2v) is 2.99. The van der Waals surface area contributed by atoms with Gasteiger partial charge in [0.1, 0.15) is 0 Å². The van der Waals surface area contributed by atoms with Crippen molar-refractivity contribution in [1.29, 1.82) is 0 Å². The molecule has 6 nitrogen and oxygen atoms in total. The number of nitrogens with zero attached hydrogens (tertiary/aromatic N) is 3. The third kappa shape index (κ3) is 4.56. The van der Waals surface area contributed by atoms with Gasteiger partial charge in [-0.2, -0.15) is 0 Å². The summed E-state index contributed by atoms with van der Waals surface area (Å²) in [6.07, 6.45) is 4.83. The van der Waals surface area contributed by atoms with E-state index in [0.29, 0.717) is 13.0 Å². The Balaban J connectivity index is 1.92. The van der Waals surface area contributed by atoms with Crippen molar-refractivity contribution >= 4 is 5.91 Å². The molecule has 0 saturated carbocycles. The summed E-state index contributed by atoms with van der Waals surface area (Å²) in [6, 6.07) is 0. The van der Waals surface area contributed by atoms with Crippen LogP contribution in [-0.4, -0.2) is 34.0 Å². The van der Waals surface area contributed by atoms with E-state index >= 15 is 0 Å². The van der Waals surface area contributed by atoms with Crippen molar-refractivity contribution in [1.82, 2.24) is 20.3 Å². The maximum Gasteiger partial charge on any atom is 0.218 e. The van der Waals surface area contributed by atoms with E-state index in [0.717, 1.165) is 19.5 Å². The minimum atomic E-state index is -0.270. The third-order valence-electron chi connectivity index (χ3n) is 1.76. The van der Waals surface area contributed by atoms with Crippen LogP contribution < -0.4 is 11.1 Å². The van der Waals surface area contributed by atoms with Crippen LogP contribution in [0.15, 0.2) is 12.4 Å². The number of carbonyl (C=O) groups is 1. The van der Waals surface area contributed by atoms with Crippen LogP contribution in [0.2, 0.25) is 0 Å². The molecule has 0 fully saturated rings. The molecule has 0 saturated heterocycles. The van der Waals surface area contributed by atoms with Gasteiger partial charge in [0, 0.05) is 25.7 Å². The van der Waals surface area contributed by atoms with Gasteiger partial charge in [-0.3, -0.25) is 9.48 Å². The number of aromatic nitrogens is 3. The highest BCUT2D eigenvalue weighted by Gasteiger charge is 1.94. The molecule has 0 atom stereocenters. The molecule has 1 amide bonds. The van der Waals surface area contributed by atoms with E-state index < -0.39 is 0 Å². The minimum Gasteiger partial charge on any atom is -0.370 e. The molecule has 0 unspecified atom stereocenters. The number of hydrogen-bond acceptors (Lipinski definition) is 4. The van der Waals surface area contributed by atoms with Crippen molar-refractivity contribution in [3.63, 3.8) is 0 Å². The normalized spacial score (nSPS) is 10.3. The molecule has 78 valence electrons. The highest BCUT2D eigenvalue weighted by atomic mass is 16.1. The standard InChI is InChI=1S/C8H15N5O/c9-8(14)2-4-10-3-1-6-13-7-5-11-12-13/h5,7,10H,1-4,6H2,(H2,9,14). The first kappa shape index (κ1) is 10.6. The quantitative estimate of drug-likeness (QED) is 0.556. The predicted octanol–water partition coefficient (Wildman–Crippen LogP) is -0.867. The van der Waals surface area contributed by atoms with Crippen molar-refractivity contribution in [3.8, 4) is 0 Å². The van der Waals surface area contributed by atoms with E-state index in [4.69, 9.17) is 5.73 Å². The van der Waals surface area contributed by atoms with Gasteiger partial charge >= 0.3 is 0 Å². The number of rotatable bonds is 7. The largest absolute Gasteiger partial charge is 0.370 e. The van der Waals surface area contributed by atoms with Gasteiger partial charge in [-0.25, -0.2) is 0 Å². The van der Waals surface area contributed by atoms with Crippen molar-refractivity contribution in [2.75, 3.05) is 13.1 Å². The fourth-order valence-corrected chi connectivity index (χ4v) is 1.05. The number of primary amides is 1. The summed E-state index contributed by atoms with van der Waals surface area (Å²) in [7, 11) is 0. The molecule has 0 radical (unpaired) electrons. The first-order valence-corrected chi connectivity index (χ1v) is 4.62. The Morgan fingerprint density at radius 3 is 3.00 bits per heavy atom. The maximum absolute atomic E-state index is 10.4. The molecular formula is C8H15N5O. The molecule has 1 rings (SSSR count). The Labute approximate surface area is 82.5 Å². The molecule has 0 aliphatic carbocycles. The maximum atomic E-state index is 10.4. The van der Waals surface area contributed by atoms with Crippen LogP contribution in [0, 0.1) is 0 Å². The molecule has 0 aliphatic heterocycles. The fraction of sp³-hybridized carbons (Fsp3) is 0.625. The second-order valence-electron chi connectivity index (χ2n) is 2.99. The van der Waals surface area contributed by atoms with E-state index in [9.17, 15) is 4.79 Å². The average Bonchev–Trinajstić information content (AvgIpc) is 2.63. The van der Waals surface area contributed by atoms with Crippen LogP contribution in [0.1, 0.15) is 12.8 Å². The van der Waals surface area contributed by atoms with Gasteiger partial charge in [0.2, 0.25) is 5.91 Å². The van der Waals surface area contributed by atoms with Gasteiger partial charge < -0.3 is 11.1 Å². The van der Waals surface area contributed by atoms with E-state index in [1.165, 1.54) is 0 Å². The predicted molar refractivity (Wildman–Crippen MR) is 51.3 cm³/mol. The summed E-state index contributed by atoms with van der Waals surface area (Å²) in [5.41, 5.74) is 4.98. The molecule has 6 heteroatoms. The molecule has 1 heterocycles. The van der Waals surface area contributed by atoms with Crippen LogP contribution in [0.25, 0.3) is 0 Å². The number of aryl methyl sites for hydroxylation is 1. The van der Waals surface area contributed by atoms with Crippen LogP contribution in [0.3, 0.4) is 0 Å². The lowest BCUT2D eigenvalue weighted by molar-refractivity contribution is -0.117. The summed E-state index contributed by atoms with van der Waals surface area (Å²) in [6.45, 7) is 2.34. The minimum absolute atomic E-state index is 0.270. The Hall–Kier alpha value is -1.43. The molecule has 14 heavy (non-hydrogen) atoms. The average molecular weight is 197 g/mol.